The first-order chi connectivity index (χ1) is 26.7. The molecule has 0 aromatic rings. The first-order valence-electron chi connectivity index (χ1n) is 21.6. The van der Waals surface area contributed by atoms with Gasteiger partial charge in [-0.2, -0.15) is 12.7 Å². The van der Waals surface area contributed by atoms with Gasteiger partial charge in [0.05, 0.1) is 6.04 Å². The summed E-state index contributed by atoms with van der Waals surface area (Å²) in [6.07, 6.45) is 10.4. The van der Waals surface area contributed by atoms with Crippen LogP contribution in [0.4, 0.5) is 0 Å². The molecule has 5 amide bonds. The molecular formula is C42H69N7O7S. The Hall–Kier alpha value is -3.04. The molecule has 2 spiro atoms. The van der Waals surface area contributed by atoms with Crippen LogP contribution in [-0.2, 0) is 34.2 Å². The first-order valence-corrected chi connectivity index (χ1v) is 23.1. The van der Waals surface area contributed by atoms with Gasteiger partial charge in [-0.25, -0.2) is 4.72 Å². The second-order valence-electron chi connectivity index (χ2n) is 19.5. The Balaban J connectivity index is 1.28. The summed E-state index contributed by atoms with van der Waals surface area (Å²) in [5, 5.41) is 9.18. The second kappa shape index (κ2) is 15.5. The topological polar surface area (TPSA) is 177 Å². The van der Waals surface area contributed by atoms with Crippen molar-refractivity contribution in [3.63, 3.8) is 0 Å². The standard InChI is InChI=1S/C42H69N7O7S/c1-10-28-24-42(28,37(54)46-57(55,56)48(12-3)13-4)45-34(51)30-25-41(39(8,9)40(41)21-17-22-40)26-49(30)36(53)32(38(5,6)7)44-35(52)31(27-18-14-15-19-27)43-33(50)29-20-16-23-47(29)11-2/h10,27-32H,1,11-26H2,2-9H3,(H,43,50)(H,44,52)(H,45,51)(H,46,54)/t28-,29+,30+,31+,32-,41-,42-/m1/s1. The van der Waals surface area contributed by atoms with Crippen molar-refractivity contribution in [2.75, 3.05) is 32.7 Å². The highest BCUT2D eigenvalue weighted by atomic mass is 32.2. The maximum Gasteiger partial charge on any atom is 0.303 e. The molecule has 0 aromatic heterocycles. The lowest BCUT2D eigenvalue weighted by molar-refractivity contribution is -0.145. The Bertz CT molecular complexity index is 1730. The van der Waals surface area contributed by atoms with Crippen molar-refractivity contribution in [2.45, 2.75) is 156 Å². The van der Waals surface area contributed by atoms with Crippen molar-refractivity contribution in [2.24, 2.45) is 33.5 Å². The molecule has 0 aromatic carbocycles. The lowest BCUT2D eigenvalue weighted by atomic mass is 9.73. The van der Waals surface area contributed by atoms with E-state index in [2.05, 4.69) is 46.0 Å². The maximum absolute atomic E-state index is 15.2. The predicted octanol–water partition coefficient (Wildman–Crippen LogP) is 3.24. The first kappa shape index (κ1) is 43.5. The molecule has 6 fully saturated rings. The summed E-state index contributed by atoms with van der Waals surface area (Å²) in [4.78, 5) is 75.6. The lowest BCUT2D eigenvalue weighted by Crippen LogP contribution is -2.63. The summed E-state index contributed by atoms with van der Waals surface area (Å²) in [6, 6.07) is -3.06. The average molecular weight is 816 g/mol. The summed E-state index contributed by atoms with van der Waals surface area (Å²) in [6.45, 7) is 21.6. The minimum atomic E-state index is -4.17. The van der Waals surface area contributed by atoms with Crippen LogP contribution in [0.15, 0.2) is 12.7 Å². The van der Waals surface area contributed by atoms with E-state index in [-0.39, 0.29) is 59.5 Å². The Morgan fingerprint density at radius 1 is 0.877 bits per heavy atom. The van der Waals surface area contributed by atoms with E-state index in [1.807, 2.05) is 27.7 Å². The molecule has 320 valence electrons. The zero-order chi connectivity index (χ0) is 41.9. The molecule has 6 rings (SSSR count). The molecule has 2 heterocycles. The summed E-state index contributed by atoms with van der Waals surface area (Å²) < 4.78 is 29.6. The highest BCUT2D eigenvalue weighted by Crippen LogP contribution is 2.88. The van der Waals surface area contributed by atoms with Crippen molar-refractivity contribution in [3.05, 3.63) is 12.7 Å². The highest BCUT2D eigenvalue weighted by molar-refractivity contribution is 7.87. The van der Waals surface area contributed by atoms with Gasteiger partial charge < -0.3 is 20.9 Å². The van der Waals surface area contributed by atoms with E-state index in [9.17, 15) is 27.6 Å². The number of nitrogens with zero attached hydrogens (tertiary/aromatic N) is 3. The van der Waals surface area contributed by atoms with Crippen LogP contribution in [0.2, 0.25) is 0 Å². The molecule has 4 aliphatic carbocycles. The van der Waals surface area contributed by atoms with E-state index in [0.717, 1.165) is 75.2 Å². The monoisotopic (exact) mass is 815 g/mol. The van der Waals surface area contributed by atoms with E-state index in [1.54, 1.807) is 24.8 Å². The van der Waals surface area contributed by atoms with Crippen LogP contribution in [-0.4, -0.2) is 114 Å². The third-order valence-electron chi connectivity index (χ3n) is 15.6. The summed E-state index contributed by atoms with van der Waals surface area (Å²) in [5.41, 5.74) is -2.80. The van der Waals surface area contributed by atoms with E-state index in [1.165, 1.54) is 0 Å². The predicted molar refractivity (Wildman–Crippen MR) is 217 cm³/mol. The average Bonchev–Trinajstić information content (AvgIpc) is 3.54. The van der Waals surface area contributed by atoms with E-state index >= 15 is 4.79 Å². The van der Waals surface area contributed by atoms with Crippen LogP contribution >= 0.6 is 0 Å². The molecule has 4 N–H and O–H groups in total. The number of fused-ring (bicyclic) bond motifs is 1. The van der Waals surface area contributed by atoms with Gasteiger partial charge >= 0.3 is 10.2 Å². The van der Waals surface area contributed by atoms with E-state index in [0.29, 0.717) is 13.0 Å². The fourth-order valence-electron chi connectivity index (χ4n) is 11.7. The van der Waals surface area contributed by atoms with Crippen LogP contribution in [0.5, 0.6) is 0 Å². The van der Waals surface area contributed by atoms with Gasteiger partial charge in [-0.15, -0.1) is 6.58 Å². The number of likely N-dealkylation sites (N-methyl/N-ethyl adjacent to an activating group) is 1. The molecule has 4 saturated carbocycles. The number of hydrogen-bond acceptors (Lipinski definition) is 8. The Morgan fingerprint density at radius 3 is 2.04 bits per heavy atom. The van der Waals surface area contributed by atoms with Crippen molar-refractivity contribution >= 4 is 39.7 Å². The van der Waals surface area contributed by atoms with Crippen LogP contribution < -0.4 is 20.7 Å². The normalized spacial score (nSPS) is 31.5. The van der Waals surface area contributed by atoms with Gasteiger partial charge in [-0.05, 0) is 86.6 Å². The molecule has 2 saturated heterocycles. The van der Waals surface area contributed by atoms with Gasteiger partial charge in [-0.1, -0.05) is 80.7 Å². The van der Waals surface area contributed by atoms with Gasteiger partial charge in [0.2, 0.25) is 23.6 Å². The molecular weight excluding hydrogens is 747 g/mol. The zero-order valence-electron chi connectivity index (χ0n) is 35.7. The zero-order valence-corrected chi connectivity index (χ0v) is 36.5. The lowest BCUT2D eigenvalue weighted by Gasteiger charge is -2.37. The van der Waals surface area contributed by atoms with Gasteiger partial charge in [0.1, 0.15) is 23.7 Å². The third-order valence-corrected chi connectivity index (χ3v) is 17.3. The Labute approximate surface area is 340 Å². The maximum atomic E-state index is 15.2. The molecule has 0 unspecified atom stereocenters. The summed E-state index contributed by atoms with van der Waals surface area (Å²) in [7, 11) is -4.17. The van der Waals surface area contributed by atoms with Crippen LogP contribution in [0.25, 0.3) is 0 Å². The van der Waals surface area contributed by atoms with Crippen molar-refractivity contribution < 1.29 is 32.4 Å². The van der Waals surface area contributed by atoms with Crippen molar-refractivity contribution in [1.29, 1.82) is 0 Å². The van der Waals surface area contributed by atoms with Gasteiger partial charge in [-0.3, -0.25) is 28.9 Å². The fraction of sp³-hybridized carbons (Fsp3) is 0.833. The number of carbonyl (C=O) groups excluding carboxylic acids is 5. The Morgan fingerprint density at radius 2 is 1.53 bits per heavy atom. The molecule has 2 aliphatic heterocycles. The fourth-order valence-corrected chi connectivity index (χ4v) is 12.9. The number of hydrogen-bond donors (Lipinski definition) is 4. The Kier molecular flexibility index (Phi) is 11.9. The number of likely N-dealkylation sites (tertiary alicyclic amines) is 2. The minimum Gasteiger partial charge on any atom is -0.343 e. The van der Waals surface area contributed by atoms with Crippen molar-refractivity contribution in [3.8, 4) is 0 Å². The van der Waals surface area contributed by atoms with Gasteiger partial charge in [0.15, 0.2) is 0 Å². The van der Waals surface area contributed by atoms with Crippen LogP contribution in [0.3, 0.4) is 0 Å². The highest BCUT2D eigenvalue weighted by Gasteiger charge is 2.85. The quantitative estimate of drug-likeness (QED) is 0.182. The molecule has 6 aliphatic rings. The third kappa shape index (κ3) is 7.23. The molecule has 15 heteroatoms. The number of carbonyl (C=O) groups is 5. The molecule has 0 radical (unpaired) electrons. The van der Waals surface area contributed by atoms with Gasteiger partial charge in [0, 0.05) is 31.0 Å². The van der Waals surface area contributed by atoms with E-state index in [4.69, 9.17) is 0 Å². The van der Waals surface area contributed by atoms with Crippen LogP contribution in [0, 0.1) is 33.5 Å². The van der Waals surface area contributed by atoms with Crippen LogP contribution in [0.1, 0.15) is 126 Å². The number of nitrogens with one attached hydrogen (secondary N) is 4. The van der Waals surface area contributed by atoms with E-state index < -0.39 is 62.9 Å². The number of amides is 5. The smallest absolute Gasteiger partial charge is 0.303 e. The van der Waals surface area contributed by atoms with Crippen molar-refractivity contribution in [1.82, 2.24) is 34.8 Å². The molecule has 7 atom stereocenters. The largest absolute Gasteiger partial charge is 0.343 e. The second-order valence-corrected chi connectivity index (χ2v) is 21.2. The molecule has 14 nitrogen and oxygen atoms in total. The minimum absolute atomic E-state index is 0.0192. The SMILES string of the molecule is C=C[C@@H]1C[C@]1(NC(=O)[C@@H]1C[C@@]2(CN1C(=O)[C@@H](NC(=O)[C@@H](NC(=O)[C@@H]1CCCN1CC)C1CCCC1)C(C)(C)C)C(C)(C)C21CCC1)C(=O)NS(=O)(=O)N(CC)CC. The summed E-state index contributed by atoms with van der Waals surface area (Å²) in [5.74, 6) is -2.83. The van der Waals surface area contributed by atoms with Gasteiger partial charge in [0.25, 0.3) is 5.91 Å². The summed E-state index contributed by atoms with van der Waals surface area (Å²) >= 11 is 0. The molecule has 0 bridgehead atoms. The molecule has 57 heavy (non-hydrogen) atoms. The number of rotatable bonds is 15.